The number of fused-ring (bicyclic) bond motifs is 1. The Morgan fingerprint density at radius 2 is 2.06 bits per heavy atom. The third kappa shape index (κ3) is 1.62. The molecule has 0 aliphatic rings. The number of nitriles is 1. The van der Waals surface area contributed by atoms with E-state index in [9.17, 15) is 0 Å². The summed E-state index contributed by atoms with van der Waals surface area (Å²) < 4.78 is 1.83. The second kappa shape index (κ2) is 4.13. The largest absolute Gasteiger partial charge is 0.300 e. The zero-order valence-electron chi connectivity index (χ0n) is 9.21. The SMILES string of the molecule is N#Cc1cn(-c2ccnc(Cl)n2)c2ccccc12. The van der Waals surface area contributed by atoms with Crippen LogP contribution in [0.5, 0.6) is 0 Å². The van der Waals surface area contributed by atoms with Crippen molar-refractivity contribution in [2.24, 2.45) is 0 Å². The topological polar surface area (TPSA) is 54.5 Å². The van der Waals surface area contributed by atoms with Gasteiger partial charge < -0.3 is 0 Å². The number of hydrogen-bond acceptors (Lipinski definition) is 3. The van der Waals surface area contributed by atoms with Crippen LogP contribution in [-0.2, 0) is 0 Å². The lowest BCUT2D eigenvalue weighted by atomic mass is 10.2. The maximum Gasteiger partial charge on any atom is 0.224 e. The van der Waals surface area contributed by atoms with Crippen molar-refractivity contribution in [3.8, 4) is 11.9 Å². The zero-order chi connectivity index (χ0) is 12.5. The fraction of sp³-hybridized carbons (Fsp3) is 0. The minimum absolute atomic E-state index is 0.184. The van der Waals surface area contributed by atoms with Gasteiger partial charge in [0.1, 0.15) is 11.9 Å². The van der Waals surface area contributed by atoms with E-state index >= 15 is 0 Å². The Balaban J connectivity index is 2.34. The van der Waals surface area contributed by atoms with Gasteiger partial charge in [-0.25, -0.2) is 4.98 Å². The fourth-order valence-corrected chi connectivity index (χ4v) is 2.06. The van der Waals surface area contributed by atoms with E-state index in [1.165, 1.54) is 0 Å². The highest BCUT2D eigenvalue weighted by Gasteiger charge is 2.09. The Labute approximate surface area is 108 Å². The Bertz CT molecular complexity index is 770. The first-order valence-corrected chi connectivity index (χ1v) is 5.66. The van der Waals surface area contributed by atoms with E-state index in [0.29, 0.717) is 11.4 Å². The van der Waals surface area contributed by atoms with Gasteiger partial charge >= 0.3 is 0 Å². The predicted octanol–water partition coefficient (Wildman–Crippen LogP) is 2.95. The van der Waals surface area contributed by atoms with Crippen molar-refractivity contribution in [1.29, 1.82) is 5.26 Å². The summed E-state index contributed by atoms with van der Waals surface area (Å²) in [5.41, 5.74) is 1.53. The second-order valence-electron chi connectivity index (χ2n) is 3.73. The van der Waals surface area contributed by atoms with E-state index in [4.69, 9.17) is 16.9 Å². The summed E-state index contributed by atoms with van der Waals surface area (Å²) in [6.07, 6.45) is 3.34. The molecule has 0 saturated carbocycles. The normalized spacial score (nSPS) is 10.4. The van der Waals surface area contributed by atoms with Gasteiger partial charge in [0.2, 0.25) is 5.28 Å². The van der Waals surface area contributed by atoms with Gasteiger partial charge in [-0.15, -0.1) is 0 Å². The van der Waals surface area contributed by atoms with Crippen LogP contribution in [0.3, 0.4) is 0 Å². The van der Waals surface area contributed by atoms with E-state index in [-0.39, 0.29) is 5.28 Å². The number of hydrogen-bond donors (Lipinski definition) is 0. The van der Waals surface area contributed by atoms with Crippen molar-refractivity contribution in [3.05, 3.63) is 53.6 Å². The molecule has 2 heterocycles. The molecule has 4 nitrogen and oxygen atoms in total. The maximum absolute atomic E-state index is 9.13. The molecule has 0 bridgehead atoms. The lowest BCUT2D eigenvalue weighted by molar-refractivity contribution is 1.01. The number of rotatable bonds is 1. The van der Waals surface area contributed by atoms with Gasteiger partial charge in [0, 0.05) is 17.8 Å². The molecule has 0 spiro atoms. The monoisotopic (exact) mass is 254 g/mol. The van der Waals surface area contributed by atoms with Gasteiger partial charge in [0.05, 0.1) is 11.1 Å². The average Bonchev–Trinajstić information content (AvgIpc) is 2.77. The lowest BCUT2D eigenvalue weighted by Gasteiger charge is -2.03. The van der Waals surface area contributed by atoms with Crippen molar-refractivity contribution in [2.75, 3.05) is 0 Å². The van der Waals surface area contributed by atoms with Crippen LogP contribution in [-0.4, -0.2) is 14.5 Å². The number of nitrogens with zero attached hydrogens (tertiary/aromatic N) is 4. The number of aromatic nitrogens is 3. The van der Waals surface area contributed by atoms with Crippen LogP contribution >= 0.6 is 11.6 Å². The van der Waals surface area contributed by atoms with Crippen LogP contribution in [0, 0.1) is 11.3 Å². The van der Waals surface area contributed by atoms with E-state index in [0.717, 1.165) is 10.9 Å². The van der Waals surface area contributed by atoms with Crippen LogP contribution in [0.15, 0.2) is 42.7 Å². The summed E-state index contributed by atoms with van der Waals surface area (Å²) in [6, 6.07) is 11.6. The molecule has 3 rings (SSSR count). The smallest absolute Gasteiger partial charge is 0.224 e. The highest BCUT2D eigenvalue weighted by atomic mass is 35.5. The quantitative estimate of drug-likeness (QED) is 0.628. The summed E-state index contributed by atoms with van der Waals surface area (Å²) in [7, 11) is 0. The molecule has 0 amide bonds. The molecule has 18 heavy (non-hydrogen) atoms. The number of halogens is 1. The van der Waals surface area contributed by atoms with Crippen LogP contribution in [0.1, 0.15) is 5.56 Å². The Kier molecular flexibility index (Phi) is 2.47. The Morgan fingerprint density at radius 1 is 1.22 bits per heavy atom. The van der Waals surface area contributed by atoms with Crippen molar-refractivity contribution >= 4 is 22.5 Å². The Hall–Kier alpha value is -2.38. The van der Waals surface area contributed by atoms with Gasteiger partial charge in [0.25, 0.3) is 0 Å². The van der Waals surface area contributed by atoms with E-state index < -0.39 is 0 Å². The molecule has 0 fully saturated rings. The summed E-state index contributed by atoms with van der Waals surface area (Å²) >= 11 is 5.79. The molecule has 0 unspecified atom stereocenters. The Morgan fingerprint density at radius 3 is 2.83 bits per heavy atom. The number of benzene rings is 1. The summed E-state index contributed by atoms with van der Waals surface area (Å²) in [6.45, 7) is 0. The van der Waals surface area contributed by atoms with Crippen molar-refractivity contribution < 1.29 is 0 Å². The molecule has 3 aromatic rings. The molecule has 5 heteroatoms. The first kappa shape index (κ1) is 10.8. The summed E-state index contributed by atoms with van der Waals surface area (Å²) in [5, 5.41) is 10.2. The van der Waals surface area contributed by atoms with Gasteiger partial charge in [-0.1, -0.05) is 18.2 Å². The molecule has 0 aliphatic carbocycles. The molecular formula is C13H7ClN4. The molecule has 1 aromatic carbocycles. The fourth-order valence-electron chi connectivity index (χ4n) is 1.92. The van der Waals surface area contributed by atoms with Gasteiger partial charge in [0.15, 0.2) is 0 Å². The zero-order valence-corrected chi connectivity index (χ0v) is 9.96. The van der Waals surface area contributed by atoms with Crippen LogP contribution in [0.2, 0.25) is 5.28 Å². The third-order valence-electron chi connectivity index (χ3n) is 2.69. The molecular weight excluding hydrogens is 248 g/mol. The minimum atomic E-state index is 0.184. The first-order valence-electron chi connectivity index (χ1n) is 5.29. The molecule has 0 atom stereocenters. The van der Waals surface area contributed by atoms with Crippen molar-refractivity contribution in [1.82, 2.24) is 14.5 Å². The first-order chi connectivity index (χ1) is 8.79. The summed E-state index contributed by atoms with van der Waals surface area (Å²) in [4.78, 5) is 8.00. The average molecular weight is 255 g/mol. The van der Waals surface area contributed by atoms with Crippen molar-refractivity contribution in [2.45, 2.75) is 0 Å². The maximum atomic E-state index is 9.13. The minimum Gasteiger partial charge on any atom is -0.300 e. The van der Waals surface area contributed by atoms with E-state index in [1.807, 2.05) is 28.8 Å². The molecule has 86 valence electrons. The van der Waals surface area contributed by atoms with Crippen molar-refractivity contribution in [3.63, 3.8) is 0 Å². The molecule has 0 saturated heterocycles. The highest BCUT2D eigenvalue weighted by Crippen LogP contribution is 2.23. The highest BCUT2D eigenvalue weighted by molar-refractivity contribution is 6.28. The second-order valence-corrected chi connectivity index (χ2v) is 4.06. The standard InChI is InChI=1S/C13H7ClN4/c14-13-16-6-5-12(17-13)18-8-9(7-15)10-3-1-2-4-11(10)18/h1-6,8H. The molecule has 0 aliphatic heterocycles. The predicted molar refractivity (Wildman–Crippen MR) is 68.6 cm³/mol. The van der Waals surface area contributed by atoms with Gasteiger partial charge in [-0.05, 0) is 23.7 Å². The molecule has 2 aromatic heterocycles. The number of para-hydroxylation sites is 1. The lowest BCUT2D eigenvalue weighted by Crippen LogP contribution is -1.96. The molecule has 0 radical (unpaired) electrons. The molecule has 0 N–H and O–H groups in total. The van der Waals surface area contributed by atoms with Crippen LogP contribution in [0.4, 0.5) is 0 Å². The summed E-state index contributed by atoms with van der Waals surface area (Å²) in [5.74, 6) is 0.646. The van der Waals surface area contributed by atoms with E-state index in [2.05, 4.69) is 16.0 Å². The van der Waals surface area contributed by atoms with Crippen LogP contribution < -0.4 is 0 Å². The van der Waals surface area contributed by atoms with Gasteiger partial charge in [-0.2, -0.15) is 10.2 Å². The van der Waals surface area contributed by atoms with E-state index in [1.54, 1.807) is 18.5 Å². The van der Waals surface area contributed by atoms with Gasteiger partial charge in [-0.3, -0.25) is 4.57 Å². The van der Waals surface area contributed by atoms with Crippen LogP contribution in [0.25, 0.3) is 16.7 Å². The third-order valence-corrected chi connectivity index (χ3v) is 2.87.